The van der Waals surface area contributed by atoms with Crippen molar-refractivity contribution in [3.63, 3.8) is 0 Å². The van der Waals surface area contributed by atoms with Crippen molar-refractivity contribution >= 4 is 17.4 Å². The number of aryl methyl sites for hydroxylation is 1. The summed E-state index contributed by atoms with van der Waals surface area (Å²) in [4.78, 5) is 25.2. The van der Waals surface area contributed by atoms with Gasteiger partial charge in [0.05, 0.1) is 13.1 Å². The Labute approximate surface area is 119 Å². The Morgan fingerprint density at radius 1 is 1.45 bits per heavy atom. The summed E-state index contributed by atoms with van der Waals surface area (Å²) in [6, 6.07) is 5.68. The van der Waals surface area contributed by atoms with Crippen molar-refractivity contribution in [2.24, 2.45) is 0 Å². The summed E-state index contributed by atoms with van der Waals surface area (Å²) >= 11 is 0. The molecular weight excluding hydrogens is 252 g/mol. The summed E-state index contributed by atoms with van der Waals surface area (Å²) in [6.07, 6.45) is 7.05. The van der Waals surface area contributed by atoms with E-state index in [0.29, 0.717) is 6.54 Å². The van der Waals surface area contributed by atoms with Gasteiger partial charge in [-0.15, -0.1) is 6.42 Å². The molecule has 1 N–H and O–H groups in total. The van der Waals surface area contributed by atoms with Crippen LogP contribution in [0.1, 0.15) is 29.3 Å². The highest BCUT2D eigenvalue weighted by Crippen LogP contribution is 2.27. The summed E-state index contributed by atoms with van der Waals surface area (Å²) in [5, 5.41) is 2.67. The summed E-state index contributed by atoms with van der Waals surface area (Å²) < 4.78 is 0. The highest BCUT2D eigenvalue weighted by Gasteiger charge is 2.19. The van der Waals surface area contributed by atoms with Gasteiger partial charge in [0, 0.05) is 17.8 Å². The molecule has 0 saturated heterocycles. The third-order valence-electron chi connectivity index (χ3n) is 3.42. The second-order valence-corrected chi connectivity index (χ2v) is 4.91. The normalized spacial score (nSPS) is 13.3. The smallest absolute Gasteiger partial charge is 0.240 e. The van der Waals surface area contributed by atoms with E-state index in [1.54, 1.807) is 6.92 Å². The van der Waals surface area contributed by atoms with Crippen molar-refractivity contribution < 1.29 is 9.59 Å². The number of benzene rings is 1. The molecule has 0 atom stereocenters. The fraction of sp³-hybridized carbons (Fsp3) is 0.375. The minimum atomic E-state index is -0.0774. The average Bonchev–Trinajstić information content (AvgIpc) is 2.44. The Bertz CT molecular complexity index is 572. The molecule has 1 amide bonds. The number of hydrogen-bond acceptors (Lipinski definition) is 3. The first-order valence-electron chi connectivity index (χ1n) is 6.71. The molecule has 0 aliphatic carbocycles. The molecule has 20 heavy (non-hydrogen) atoms. The van der Waals surface area contributed by atoms with Crippen LogP contribution in [-0.4, -0.2) is 31.3 Å². The molecule has 1 heterocycles. The zero-order valence-electron chi connectivity index (χ0n) is 11.6. The van der Waals surface area contributed by atoms with Crippen LogP contribution in [0.5, 0.6) is 0 Å². The van der Waals surface area contributed by atoms with Crippen molar-refractivity contribution in [1.29, 1.82) is 0 Å². The number of terminal acetylenes is 1. The minimum absolute atomic E-state index is 0.0664. The van der Waals surface area contributed by atoms with Crippen LogP contribution in [-0.2, 0) is 11.2 Å². The van der Waals surface area contributed by atoms with Gasteiger partial charge < -0.3 is 10.2 Å². The maximum absolute atomic E-state index is 11.8. The number of Topliss-reactive ketones (excluding diaryl/α,β-unsaturated/α-hetero) is 1. The summed E-state index contributed by atoms with van der Waals surface area (Å²) in [7, 11) is 0. The third-order valence-corrected chi connectivity index (χ3v) is 3.42. The van der Waals surface area contributed by atoms with Gasteiger partial charge in [-0.1, -0.05) is 5.92 Å². The number of carbonyl (C=O) groups excluding carboxylic acids is 2. The molecule has 1 aliphatic rings. The van der Waals surface area contributed by atoms with E-state index in [4.69, 9.17) is 6.42 Å². The third kappa shape index (κ3) is 3.18. The van der Waals surface area contributed by atoms with Gasteiger partial charge in [-0.25, -0.2) is 0 Å². The Morgan fingerprint density at radius 2 is 2.25 bits per heavy atom. The predicted molar refractivity (Wildman–Crippen MR) is 78.8 cm³/mol. The highest BCUT2D eigenvalue weighted by atomic mass is 16.2. The van der Waals surface area contributed by atoms with Crippen LogP contribution in [0, 0.1) is 12.3 Å². The van der Waals surface area contributed by atoms with E-state index in [0.717, 1.165) is 36.2 Å². The first kappa shape index (κ1) is 14.1. The number of rotatable bonds is 4. The molecule has 4 nitrogen and oxygen atoms in total. The molecule has 1 aromatic rings. The van der Waals surface area contributed by atoms with Crippen molar-refractivity contribution in [3.8, 4) is 12.3 Å². The number of anilines is 1. The number of hydrogen-bond donors (Lipinski definition) is 1. The maximum Gasteiger partial charge on any atom is 0.240 e. The van der Waals surface area contributed by atoms with Crippen LogP contribution in [0.2, 0.25) is 0 Å². The summed E-state index contributed by atoms with van der Waals surface area (Å²) in [6.45, 7) is 2.96. The zero-order chi connectivity index (χ0) is 14.5. The van der Waals surface area contributed by atoms with Gasteiger partial charge in [0.25, 0.3) is 0 Å². The molecule has 0 bridgehead atoms. The quantitative estimate of drug-likeness (QED) is 0.664. The lowest BCUT2D eigenvalue weighted by molar-refractivity contribution is -0.119. The standard InChI is InChI=1S/C16H18N2O2/c1-3-8-17-16(20)11-18-9-4-5-14-10-13(12(2)19)6-7-15(14)18/h1,6-7,10H,4-5,8-9,11H2,2H3,(H,17,20). The fourth-order valence-electron chi connectivity index (χ4n) is 2.44. The fourth-order valence-corrected chi connectivity index (χ4v) is 2.44. The highest BCUT2D eigenvalue weighted by molar-refractivity contribution is 5.95. The zero-order valence-corrected chi connectivity index (χ0v) is 11.6. The SMILES string of the molecule is C#CCNC(=O)CN1CCCc2cc(C(C)=O)ccc21. The summed E-state index contributed by atoms with van der Waals surface area (Å²) in [5.41, 5.74) is 2.90. The van der Waals surface area contributed by atoms with Crippen LogP contribution in [0.15, 0.2) is 18.2 Å². The van der Waals surface area contributed by atoms with Gasteiger partial charge in [0.1, 0.15) is 0 Å². The number of nitrogens with zero attached hydrogens (tertiary/aromatic N) is 1. The molecule has 0 spiro atoms. The van der Waals surface area contributed by atoms with Gasteiger partial charge >= 0.3 is 0 Å². The van der Waals surface area contributed by atoms with Crippen molar-refractivity contribution in [1.82, 2.24) is 5.32 Å². The topological polar surface area (TPSA) is 49.4 Å². The van der Waals surface area contributed by atoms with E-state index in [1.807, 2.05) is 23.1 Å². The second-order valence-electron chi connectivity index (χ2n) is 4.91. The average molecular weight is 270 g/mol. The van der Waals surface area contributed by atoms with Crippen LogP contribution in [0.25, 0.3) is 0 Å². The molecule has 1 aromatic carbocycles. The number of carbonyl (C=O) groups is 2. The van der Waals surface area contributed by atoms with Crippen LogP contribution < -0.4 is 10.2 Å². The molecule has 4 heteroatoms. The van der Waals surface area contributed by atoms with Crippen LogP contribution >= 0.6 is 0 Å². The van der Waals surface area contributed by atoms with Gasteiger partial charge in [-0.2, -0.15) is 0 Å². The molecule has 1 aliphatic heterocycles. The Morgan fingerprint density at radius 3 is 2.95 bits per heavy atom. The van der Waals surface area contributed by atoms with Gasteiger partial charge in [0.2, 0.25) is 5.91 Å². The van der Waals surface area contributed by atoms with Crippen LogP contribution in [0.3, 0.4) is 0 Å². The largest absolute Gasteiger partial charge is 0.362 e. The first-order chi connectivity index (χ1) is 9.61. The van der Waals surface area contributed by atoms with E-state index < -0.39 is 0 Å². The lowest BCUT2D eigenvalue weighted by Crippen LogP contribution is -2.40. The Kier molecular flexibility index (Phi) is 4.41. The van der Waals surface area contributed by atoms with E-state index >= 15 is 0 Å². The van der Waals surface area contributed by atoms with Gasteiger partial charge in [-0.3, -0.25) is 9.59 Å². The Balaban J connectivity index is 2.14. The molecular formula is C16H18N2O2. The Hall–Kier alpha value is -2.28. The number of amides is 1. The first-order valence-corrected chi connectivity index (χ1v) is 6.71. The second kappa shape index (κ2) is 6.25. The molecule has 0 radical (unpaired) electrons. The lowest BCUT2D eigenvalue weighted by Gasteiger charge is -2.31. The van der Waals surface area contributed by atoms with E-state index in [1.165, 1.54) is 0 Å². The number of ketones is 1. The molecule has 0 fully saturated rings. The van der Waals surface area contributed by atoms with E-state index in [9.17, 15) is 9.59 Å². The van der Waals surface area contributed by atoms with Gasteiger partial charge in [0.15, 0.2) is 5.78 Å². The number of fused-ring (bicyclic) bond motifs is 1. The molecule has 0 unspecified atom stereocenters. The van der Waals surface area contributed by atoms with E-state index in [-0.39, 0.29) is 18.2 Å². The van der Waals surface area contributed by atoms with Crippen molar-refractivity contribution in [3.05, 3.63) is 29.3 Å². The maximum atomic E-state index is 11.8. The van der Waals surface area contributed by atoms with Crippen LogP contribution in [0.4, 0.5) is 5.69 Å². The molecule has 0 saturated carbocycles. The van der Waals surface area contributed by atoms with Crippen molar-refractivity contribution in [2.75, 3.05) is 24.5 Å². The monoisotopic (exact) mass is 270 g/mol. The molecule has 104 valence electrons. The minimum Gasteiger partial charge on any atom is -0.362 e. The van der Waals surface area contributed by atoms with Crippen molar-refractivity contribution in [2.45, 2.75) is 19.8 Å². The van der Waals surface area contributed by atoms with E-state index in [2.05, 4.69) is 11.2 Å². The molecule has 2 rings (SSSR count). The van der Waals surface area contributed by atoms with Gasteiger partial charge in [-0.05, 0) is 43.5 Å². The predicted octanol–water partition coefficient (Wildman–Crippen LogP) is 1.39. The molecule has 0 aromatic heterocycles. The lowest BCUT2D eigenvalue weighted by atomic mass is 9.98. The number of nitrogens with one attached hydrogen (secondary N) is 1. The summed E-state index contributed by atoms with van der Waals surface area (Å²) in [5.74, 6) is 2.38.